The molecule has 0 aliphatic heterocycles. The molecule has 0 unspecified atom stereocenters. The highest BCUT2D eigenvalue weighted by atomic mass is 16.3. The highest BCUT2D eigenvalue weighted by molar-refractivity contribution is 6.11. The van der Waals surface area contributed by atoms with Gasteiger partial charge in [-0.15, -0.1) is 0 Å². The quantitative estimate of drug-likeness (QED) is 0.102. The molecule has 0 saturated carbocycles. The van der Waals surface area contributed by atoms with E-state index in [1.54, 1.807) is 0 Å². The Hall–Kier alpha value is -15.4. The summed E-state index contributed by atoms with van der Waals surface area (Å²) in [4.78, 5) is 4.75. The second-order valence-electron chi connectivity index (χ2n) is 29.9. The smallest absolute Gasteiger partial charge is 0.135 e. The van der Waals surface area contributed by atoms with E-state index in [9.17, 15) is 0 Å². The summed E-state index contributed by atoms with van der Waals surface area (Å²) in [6.07, 6.45) is 0. The van der Waals surface area contributed by atoms with Gasteiger partial charge in [-0.25, -0.2) is 0 Å². The lowest BCUT2D eigenvalue weighted by molar-refractivity contribution is 0.668. The number of para-hydroxylation sites is 2. The Balaban J connectivity index is 0.000000145. The lowest BCUT2D eigenvalue weighted by Crippen LogP contribution is -2.11. The minimum absolute atomic E-state index is 0.903. The Morgan fingerprint density at radius 3 is 0.897 bits per heavy atom. The van der Waals surface area contributed by atoms with Crippen LogP contribution in [0.5, 0.6) is 0 Å². The molecule has 0 saturated heterocycles. The van der Waals surface area contributed by atoms with Crippen LogP contribution in [0.4, 0.5) is 34.1 Å². The van der Waals surface area contributed by atoms with Crippen LogP contribution in [-0.2, 0) is 0 Å². The van der Waals surface area contributed by atoms with Gasteiger partial charge in [0.25, 0.3) is 0 Å². The summed E-state index contributed by atoms with van der Waals surface area (Å²) >= 11 is 0. The van der Waals surface area contributed by atoms with Gasteiger partial charge in [0.1, 0.15) is 22.3 Å². The van der Waals surface area contributed by atoms with Crippen molar-refractivity contribution < 1.29 is 8.83 Å². The number of hydrogen-bond acceptors (Lipinski definition) is 4. The number of nitrogens with zero attached hydrogens (tertiary/aromatic N) is 2. The van der Waals surface area contributed by atoms with Gasteiger partial charge in [-0.3, -0.25) is 0 Å². The van der Waals surface area contributed by atoms with Crippen molar-refractivity contribution in [3.05, 3.63) is 449 Å². The third-order valence-electron chi connectivity index (χ3n) is 22.9. The summed E-state index contributed by atoms with van der Waals surface area (Å²) in [6.45, 7) is 0. The first-order valence-electron chi connectivity index (χ1n) is 39.6. The molecule has 0 amide bonds. The molecule has 0 radical (unpaired) electrons. The zero-order chi connectivity index (χ0) is 76.8. The van der Waals surface area contributed by atoms with E-state index in [1.807, 2.05) is 24.3 Å². The van der Waals surface area contributed by atoms with Crippen molar-refractivity contribution in [2.24, 2.45) is 0 Å². The molecule has 544 valence electrons. The molecule has 0 aliphatic rings. The predicted octanol–water partition coefficient (Wildman–Crippen LogP) is 32.1. The Bertz CT molecular complexity index is 7400. The van der Waals surface area contributed by atoms with Crippen LogP contribution in [0, 0.1) is 0 Å². The van der Waals surface area contributed by atoms with Crippen molar-refractivity contribution >= 4 is 121 Å². The maximum Gasteiger partial charge on any atom is 0.135 e. The van der Waals surface area contributed by atoms with E-state index < -0.39 is 0 Å². The van der Waals surface area contributed by atoms with E-state index in [-0.39, 0.29) is 0 Å². The molecule has 0 bridgehead atoms. The first-order chi connectivity index (χ1) is 57.4. The van der Waals surface area contributed by atoms with Gasteiger partial charge in [-0.05, 0) is 248 Å². The topological polar surface area (TPSA) is 32.8 Å². The standard InChI is InChI=1S/2C56H37NO/c1-3-11-38(12-4-1)44-26-33-54(52(36-44)41-13-5-2-6-14-41)57(48-30-23-40(24-31-48)45-27-34-56-53(37-45)51-17-9-10-18-55(51)58-56)47-28-21-39(22-29-47)43-25-32-50-46(35-43)20-19-42-15-7-8-16-49(42)50;1-2-9-38(10-3-1)39-17-19-40(20-18-39)44-12-8-13-50(36-44)57(49-31-25-42(26-32-49)46-28-34-56-54(37-46)53-15-6-7-16-55(53)58-56)48-29-23-41(24-30-48)45-27-33-52-47(35-45)22-21-43-11-4-5-14-51(43)52/h2*1-37H. The van der Waals surface area contributed by atoms with Crippen LogP contribution < -0.4 is 9.80 Å². The van der Waals surface area contributed by atoms with Crippen LogP contribution in [0.15, 0.2) is 458 Å². The highest BCUT2D eigenvalue weighted by Crippen LogP contribution is 2.46. The molecule has 0 atom stereocenters. The summed E-state index contributed by atoms with van der Waals surface area (Å²) in [7, 11) is 0. The Labute approximate surface area is 673 Å². The predicted molar refractivity (Wildman–Crippen MR) is 490 cm³/mol. The molecule has 20 aromatic carbocycles. The first-order valence-corrected chi connectivity index (χ1v) is 39.6. The Morgan fingerprint density at radius 2 is 0.431 bits per heavy atom. The van der Waals surface area contributed by atoms with E-state index in [0.29, 0.717) is 0 Å². The van der Waals surface area contributed by atoms with E-state index in [2.05, 4.69) is 434 Å². The molecule has 0 aliphatic carbocycles. The number of fused-ring (bicyclic) bond motifs is 12. The normalized spacial score (nSPS) is 11.4. The molecule has 22 aromatic rings. The summed E-state index contributed by atoms with van der Waals surface area (Å²) < 4.78 is 12.3. The summed E-state index contributed by atoms with van der Waals surface area (Å²) in [5, 5.41) is 14.7. The summed E-state index contributed by atoms with van der Waals surface area (Å²) in [5.41, 5.74) is 29.0. The van der Waals surface area contributed by atoms with Gasteiger partial charge in [0.15, 0.2) is 0 Å². The fraction of sp³-hybridized carbons (Fsp3) is 0. The van der Waals surface area contributed by atoms with Crippen molar-refractivity contribution in [2.75, 3.05) is 9.80 Å². The minimum atomic E-state index is 0.903. The fourth-order valence-corrected chi connectivity index (χ4v) is 17.0. The third-order valence-corrected chi connectivity index (χ3v) is 22.9. The Morgan fingerprint density at radius 1 is 0.138 bits per heavy atom. The molecule has 22 rings (SSSR count). The van der Waals surface area contributed by atoms with Gasteiger partial charge in [-0.2, -0.15) is 0 Å². The highest BCUT2D eigenvalue weighted by Gasteiger charge is 2.22. The van der Waals surface area contributed by atoms with Crippen molar-refractivity contribution in [3.63, 3.8) is 0 Å². The fourth-order valence-electron chi connectivity index (χ4n) is 17.0. The lowest BCUT2D eigenvalue weighted by Gasteiger charge is -2.29. The number of rotatable bonds is 14. The van der Waals surface area contributed by atoms with Crippen molar-refractivity contribution in [1.29, 1.82) is 0 Å². The maximum absolute atomic E-state index is 6.14. The molecule has 2 aromatic heterocycles. The van der Waals surface area contributed by atoms with Crippen LogP contribution >= 0.6 is 0 Å². The second kappa shape index (κ2) is 29.7. The van der Waals surface area contributed by atoms with Crippen LogP contribution in [0.2, 0.25) is 0 Å². The number of hydrogen-bond donors (Lipinski definition) is 0. The molecule has 4 nitrogen and oxygen atoms in total. The lowest BCUT2D eigenvalue weighted by atomic mass is 9.95. The maximum atomic E-state index is 6.14. The zero-order valence-corrected chi connectivity index (χ0v) is 63.4. The average molecular weight is 1480 g/mol. The van der Waals surface area contributed by atoms with Crippen LogP contribution in [0.25, 0.3) is 176 Å². The minimum Gasteiger partial charge on any atom is -0.456 e. The summed E-state index contributed by atoms with van der Waals surface area (Å²) in [6, 6.07) is 162. The van der Waals surface area contributed by atoms with Crippen molar-refractivity contribution in [3.8, 4) is 89.0 Å². The first kappa shape index (κ1) is 68.7. The van der Waals surface area contributed by atoms with Gasteiger partial charge in [0.2, 0.25) is 0 Å². The molecule has 0 fully saturated rings. The monoisotopic (exact) mass is 1480 g/mol. The average Bonchev–Trinajstić information content (AvgIpc) is 1.27. The van der Waals surface area contributed by atoms with Crippen molar-refractivity contribution in [1.82, 2.24) is 0 Å². The number of benzene rings is 20. The molecule has 0 N–H and O–H groups in total. The third kappa shape index (κ3) is 13.1. The van der Waals surface area contributed by atoms with E-state index >= 15 is 0 Å². The van der Waals surface area contributed by atoms with Gasteiger partial charge in [-0.1, -0.05) is 328 Å². The molecular formula is C112H74N2O2. The van der Waals surface area contributed by atoms with Crippen LogP contribution in [0.3, 0.4) is 0 Å². The van der Waals surface area contributed by atoms with Gasteiger partial charge in [0.05, 0.1) is 5.69 Å². The van der Waals surface area contributed by atoms with Crippen molar-refractivity contribution in [2.45, 2.75) is 0 Å². The molecule has 116 heavy (non-hydrogen) atoms. The zero-order valence-electron chi connectivity index (χ0n) is 63.4. The molecule has 0 spiro atoms. The number of anilines is 6. The van der Waals surface area contributed by atoms with Crippen LogP contribution in [0.1, 0.15) is 0 Å². The SMILES string of the molecule is c1ccc(-c2ccc(-c3cccc(N(c4ccc(-c5ccc6c(ccc7ccccc76)c5)cc4)c4ccc(-c5ccc6oc7ccccc7c6c5)cc4)c3)cc2)cc1.c1ccc(-c2ccc(N(c3ccc(-c4ccc5c(ccc6ccccc65)c4)cc3)c3ccc(-c4ccc5oc6ccccc6c5c4)cc3)c(-c3ccccc3)c2)cc1. The van der Waals surface area contributed by atoms with Crippen LogP contribution in [-0.4, -0.2) is 0 Å². The Kier molecular flexibility index (Phi) is 17.6. The summed E-state index contributed by atoms with van der Waals surface area (Å²) in [5.74, 6) is 0. The van der Waals surface area contributed by atoms with Gasteiger partial charge in [0, 0.05) is 55.5 Å². The van der Waals surface area contributed by atoms with E-state index in [1.165, 1.54) is 98.7 Å². The van der Waals surface area contributed by atoms with E-state index in [4.69, 9.17) is 8.83 Å². The van der Waals surface area contributed by atoms with Gasteiger partial charge >= 0.3 is 0 Å². The second-order valence-corrected chi connectivity index (χ2v) is 29.9. The molecule has 4 heteroatoms. The largest absolute Gasteiger partial charge is 0.456 e. The van der Waals surface area contributed by atoms with Gasteiger partial charge < -0.3 is 18.6 Å². The van der Waals surface area contributed by atoms with E-state index in [0.717, 1.165) is 111 Å². The number of furan rings is 2. The molecule has 2 heterocycles. The molecular weight excluding hydrogens is 1410 g/mol.